The van der Waals surface area contributed by atoms with Crippen LogP contribution in [0.15, 0.2) is 18.2 Å². The number of aliphatic carboxylic acids is 1. The van der Waals surface area contributed by atoms with Crippen LogP contribution in [0, 0.1) is 5.92 Å². The molecule has 1 aromatic carbocycles. The molecule has 0 bridgehead atoms. The van der Waals surface area contributed by atoms with Crippen LogP contribution in [-0.2, 0) is 10.2 Å². The Morgan fingerprint density at radius 3 is 2.71 bits per heavy atom. The largest absolute Gasteiger partial charge is 0.492 e. The Labute approximate surface area is 121 Å². The van der Waals surface area contributed by atoms with Crippen molar-refractivity contribution in [1.29, 1.82) is 0 Å². The van der Waals surface area contributed by atoms with Gasteiger partial charge in [-0.3, -0.25) is 4.79 Å². The molecule has 1 aromatic rings. The molecule has 1 N–H and O–H groups in total. The molecule has 1 heterocycles. The van der Waals surface area contributed by atoms with Gasteiger partial charge >= 0.3 is 5.97 Å². The molecule has 3 rings (SSSR count). The van der Waals surface area contributed by atoms with Gasteiger partial charge < -0.3 is 9.84 Å². The highest BCUT2D eigenvalue weighted by Gasteiger charge is 2.43. The second kappa shape index (κ2) is 5.28. The van der Waals surface area contributed by atoms with E-state index in [1.54, 1.807) is 6.07 Å². The zero-order valence-corrected chi connectivity index (χ0v) is 11.6. The van der Waals surface area contributed by atoms with E-state index in [9.17, 15) is 13.6 Å². The molecule has 0 radical (unpaired) electrons. The van der Waals surface area contributed by atoms with Crippen molar-refractivity contribution >= 4 is 5.97 Å². The summed E-state index contributed by atoms with van der Waals surface area (Å²) in [5, 5.41) is 8.87. The van der Waals surface area contributed by atoms with Crippen molar-refractivity contribution < 1.29 is 23.4 Å². The lowest BCUT2D eigenvalue weighted by molar-refractivity contribution is -0.138. The van der Waals surface area contributed by atoms with Gasteiger partial charge in [-0.25, -0.2) is 8.78 Å². The zero-order valence-electron chi connectivity index (χ0n) is 11.6. The highest BCUT2D eigenvalue weighted by atomic mass is 19.3. The van der Waals surface area contributed by atoms with Crippen LogP contribution >= 0.6 is 0 Å². The minimum atomic E-state index is -2.48. The van der Waals surface area contributed by atoms with E-state index in [1.807, 2.05) is 0 Å². The summed E-state index contributed by atoms with van der Waals surface area (Å²) in [6.45, 7) is 0.523. The number of carbonyl (C=O) groups is 1. The number of hydrogen-bond donors (Lipinski definition) is 1. The third-order valence-corrected chi connectivity index (χ3v) is 4.86. The van der Waals surface area contributed by atoms with Gasteiger partial charge in [-0.1, -0.05) is 12.1 Å². The normalized spacial score (nSPS) is 27.7. The van der Waals surface area contributed by atoms with Gasteiger partial charge in [0.15, 0.2) is 0 Å². The molecule has 5 heteroatoms. The van der Waals surface area contributed by atoms with E-state index in [-0.39, 0.29) is 23.3 Å². The van der Waals surface area contributed by atoms with Gasteiger partial charge in [0.05, 0.1) is 6.61 Å². The van der Waals surface area contributed by atoms with Gasteiger partial charge in [0.2, 0.25) is 0 Å². The predicted octanol–water partition coefficient (Wildman–Crippen LogP) is 3.92. The smallest absolute Gasteiger partial charge is 0.303 e. The summed E-state index contributed by atoms with van der Waals surface area (Å²) in [4.78, 5) is 10.8. The monoisotopic (exact) mass is 296 g/mol. The number of alkyl halides is 2. The average molecular weight is 296 g/mol. The first-order valence-corrected chi connectivity index (χ1v) is 7.27. The summed E-state index contributed by atoms with van der Waals surface area (Å²) in [5.74, 6) is 0.0441. The lowest BCUT2D eigenvalue weighted by atomic mass is 9.67. The number of carboxylic acids is 1. The maximum atomic E-state index is 12.7. The summed E-state index contributed by atoms with van der Waals surface area (Å²) in [7, 11) is 0. The van der Waals surface area contributed by atoms with Crippen LogP contribution in [-0.4, -0.2) is 17.7 Å². The third kappa shape index (κ3) is 2.61. The predicted molar refractivity (Wildman–Crippen MR) is 72.8 cm³/mol. The Morgan fingerprint density at radius 2 is 2.10 bits per heavy atom. The summed E-state index contributed by atoms with van der Waals surface area (Å²) in [6, 6.07) is 4.68. The van der Waals surface area contributed by atoms with Crippen LogP contribution in [0.5, 0.6) is 5.75 Å². The Hall–Kier alpha value is -1.65. The fourth-order valence-corrected chi connectivity index (χ4v) is 3.62. The molecule has 3 nitrogen and oxygen atoms in total. The van der Waals surface area contributed by atoms with E-state index in [0.717, 1.165) is 31.2 Å². The van der Waals surface area contributed by atoms with E-state index < -0.39 is 12.4 Å². The first-order chi connectivity index (χ1) is 10.00. The van der Waals surface area contributed by atoms with Crippen molar-refractivity contribution in [2.45, 2.75) is 43.9 Å². The van der Waals surface area contributed by atoms with Gasteiger partial charge in [0, 0.05) is 23.0 Å². The van der Waals surface area contributed by atoms with E-state index in [0.29, 0.717) is 12.4 Å². The van der Waals surface area contributed by atoms with Crippen LogP contribution in [0.2, 0.25) is 0 Å². The van der Waals surface area contributed by atoms with Crippen LogP contribution in [0.25, 0.3) is 0 Å². The van der Waals surface area contributed by atoms with Gasteiger partial charge in [0.1, 0.15) is 5.75 Å². The maximum Gasteiger partial charge on any atom is 0.303 e. The SMILES string of the molecule is O=C(O)CC1CCC2(CC1)COc1cc(C(F)F)ccc12. The standard InChI is InChI=1S/C16H18F2O3/c17-15(18)11-1-2-12-13(8-11)21-9-16(12)5-3-10(4-6-16)7-14(19)20/h1-2,8,10,15H,3-7,9H2,(H,19,20). The fourth-order valence-electron chi connectivity index (χ4n) is 3.62. The van der Waals surface area contributed by atoms with Crippen LogP contribution in [0.3, 0.4) is 0 Å². The van der Waals surface area contributed by atoms with Crippen molar-refractivity contribution in [2.75, 3.05) is 6.61 Å². The Bertz CT molecular complexity index is 548. The molecule has 0 aromatic heterocycles. The molecule has 1 saturated carbocycles. The molecule has 2 aliphatic rings. The minimum absolute atomic E-state index is 0.00892. The first-order valence-electron chi connectivity index (χ1n) is 7.27. The van der Waals surface area contributed by atoms with E-state index in [4.69, 9.17) is 9.84 Å². The van der Waals surface area contributed by atoms with Crippen LogP contribution < -0.4 is 4.74 Å². The summed E-state index contributed by atoms with van der Waals surface area (Å²) < 4.78 is 31.1. The van der Waals surface area contributed by atoms with Crippen LogP contribution in [0.1, 0.15) is 49.7 Å². The lowest BCUT2D eigenvalue weighted by Gasteiger charge is -2.35. The zero-order chi connectivity index (χ0) is 15.0. The first kappa shape index (κ1) is 14.3. The van der Waals surface area contributed by atoms with E-state index in [1.165, 1.54) is 12.1 Å². The molecule has 1 aliphatic heterocycles. The molecule has 0 atom stereocenters. The molecule has 1 aliphatic carbocycles. The summed E-state index contributed by atoms with van der Waals surface area (Å²) in [5.41, 5.74) is 0.899. The molecular weight excluding hydrogens is 278 g/mol. The van der Waals surface area contributed by atoms with Gasteiger partial charge in [-0.2, -0.15) is 0 Å². The number of carboxylic acid groups (broad SMARTS) is 1. The number of benzene rings is 1. The summed E-state index contributed by atoms with van der Waals surface area (Å²) >= 11 is 0. The van der Waals surface area contributed by atoms with Crippen molar-refractivity contribution in [2.24, 2.45) is 5.92 Å². The molecule has 0 amide bonds. The van der Waals surface area contributed by atoms with Crippen molar-refractivity contribution in [1.82, 2.24) is 0 Å². The van der Waals surface area contributed by atoms with Crippen molar-refractivity contribution in [3.05, 3.63) is 29.3 Å². The molecular formula is C16H18F2O3. The van der Waals surface area contributed by atoms with Gasteiger partial charge in [-0.05, 0) is 37.7 Å². The number of ether oxygens (including phenoxy) is 1. The second-order valence-electron chi connectivity index (χ2n) is 6.17. The molecule has 1 spiro atoms. The topological polar surface area (TPSA) is 46.5 Å². The molecule has 0 unspecified atom stereocenters. The number of fused-ring (bicyclic) bond motifs is 2. The maximum absolute atomic E-state index is 12.7. The Kier molecular flexibility index (Phi) is 3.59. The molecule has 1 fully saturated rings. The van der Waals surface area contributed by atoms with E-state index >= 15 is 0 Å². The quantitative estimate of drug-likeness (QED) is 0.919. The Balaban J connectivity index is 1.77. The van der Waals surface area contributed by atoms with Crippen molar-refractivity contribution in [3.8, 4) is 5.75 Å². The number of halogens is 2. The number of rotatable bonds is 3. The molecule has 21 heavy (non-hydrogen) atoms. The second-order valence-corrected chi connectivity index (χ2v) is 6.17. The van der Waals surface area contributed by atoms with Crippen LogP contribution in [0.4, 0.5) is 8.78 Å². The highest BCUT2D eigenvalue weighted by Crippen LogP contribution is 2.50. The minimum Gasteiger partial charge on any atom is -0.492 e. The molecule has 114 valence electrons. The number of hydrogen-bond acceptors (Lipinski definition) is 2. The van der Waals surface area contributed by atoms with E-state index in [2.05, 4.69) is 0 Å². The van der Waals surface area contributed by atoms with Crippen molar-refractivity contribution in [3.63, 3.8) is 0 Å². The Morgan fingerprint density at radius 1 is 1.38 bits per heavy atom. The molecule has 0 saturated heterocycles. The third-order valence-electron chi connectivity index (χ3n) is 4.86. The van der Waals surface area contributed by atoms with Gasteiger partial charge in [0.25, 0.3) is 6.43 Å². The highest BCUT2D eigenvalue weighted by molar-refractivity contribution is 5.67. The summed E-state index contributed by atoms with van der Waals surface area (Å²) in [6.07, 6.45) is 1.17. The average Bonchev–Trinajstić information content (AvgIpc) is 2.79. The van der Waals surface area contributed by atoms with Gasteiger partial charge in [-0.15, -0.1) is 0 Å². The fraction of sp³-hybridized carbons (Fsp3) is 0.562. The lowest BCUT2D eigenvalue weighted by Crippen LogP contribution is -2.33.